The minimum absolute atomic E-state index is 0.176. The van der Waals surface area contributed by atoms with Crippen LogP contribution in [0.3, 0.4) is 0 Å². The van der Waals surface area contributed by atoms with Crippen molar-refractivity contribution >= 4 is 27.3 Å². The molecule has 2 aromatic rings. The lowest BCUT2D eigenvalue weighted by molar-refractivity contribution is 0.275. The second kappa shape index (κ2) is 6.79. The van der Waals surface area contributed by atoms with Crippen LogP contribution in [0.4, 0.5) is 0 Å². The Morgan fingerprint density at radius 3 is 2.75 bits per heavy atom. The van der Waals surface area contributed by atoms with E-state index in [-0.39, 0.29) is 5.56 Å². The van der Waals surface area contributed by atoms with Crippen LogP contribution in [0.2, 0.25) is 5.02 Å². The highest BCUT2D eigenvalue weighted by molar-refractivity contribution is 7.88. The van der Waals surface area contributed by atoms with Crippen LogP contribution < -0.4 is 5.56 Å². The molecule has 2 aromatic heterocycles. The average Bonchev–Trinajstić information content (AvgIpc) is 2.73. The van der Waals surface area contributed by atoms with Gasteiger partial charge < -0.3 is 0 Å². The number of hydrogen-bond acceptors (Lipinski definition) is 5. The molecule has 7 nitrogen and oxygen atoms in total. The van der Waals surface area contributed by atoms with Gasteiger partial charge in [-0.3, -0.25) is 14.1 Å². The Balaban J connectivity index is 1.78. The predicted molar refractivity (Wildman–Crippen MR) is 92.8 cm³/mol. The summed E-state index contributed by atoms with van der Waals surface area (Å²) in [6, 6.07) is 4.91. The number of aromatic nitrogens is 2. The van der Waals surface area contributed by atoms with E-state index in [1.165, 1.54) is 21.0 Å². The van der Waals surface area contributed by atoms with Crippen molar-refractivity contribution in [1.29, 1.82) is 0 Å². The van der Waals surface area contributed by atoms with E-state index in [4.69, 9.17) is 11.6 Å². The minimum atomic E-state index is -3.16. The van der Waals surface area contributed by atoms with E-state index in [0.29, 0.717) is 42.5 Å². The molecule has 24 heavy (non-hydrogen) atoms. The zero-order valence-electron chi connectivity index (χ0n) is 13.4. The highest BCUT2D eigenvalue weighted by Crippen LogP contribution is 2.11. The summed E-state index contributed by atoms with van der Waals surface area (Å²) in [5.41, 5.74) is 1.05. The number of hydrogen-bond donors (Lipinski definition) is 0. The summed E-state index contributed by atoms with van der Waals surface area (Å²) >= 11 is 5.91. The Labute approximate surface area is 145 Å². The number of halogens is 1. The van der Waals surface area contributed by atoms with Crippen molar-refractivity contribution in [2.75, 3.05) is 32.4 Å². The molecule has 0 bridgehead atoms. The molecule has 130 valence electrons. The number of rotatable bonds is 3. The Kier molecular flexibility index (Phi) is 4.91. The van der Waals surface area contributed by atoms with Gasteiger partial charge in [0, 0.05) is 38.4 Å². The van der Waals surface area contributed by atoms with E-state index in [1.54, 1.807) is 18.3 Å². The maximum atomic E-state index is 12.2. The van der Waals surface area contributed by atoms with Crippen LogP contribution in [0.15, 0.2) is 29.2 Å². The van der Waals surface area contributed by atoms with Crippen molar-refractivity contribution < 1.29 is 8.42 Å². The lowest BCUT2D eigenvalue weighted by Gasteiger charge is -2.20. The Morgan fingerprint density at radius 1 is 1.21 bits per heavy atom. The largest absolute Gasteiger partial charge is 0.296 e. The minimum Gasteiger partial charge on any atom is -0.296 e. The van der Waals surface area contributed by atoms with Crippen LogP contribution in [-0.2, 0) is 16.6 Å². The fraction of sp³-hybridized carbons (Fsp3) is 0.467. The summed E-state index contributed by atoms with van der Waals surface area (Å²) in [5.74, 6) is 0. The molecular formula is C15H19ClN4O3S. The second-order valence-electron chi connectivity index (χ2n) is 5.95. The molecule has 1 aliphatic rings. The van der Waals surface area contributed by atoms with Crippen molar-refractivity contribution in [2.24, 2.45) is 0 Å². The van der Waals surface area contributed by atoms with Gasteiger partial charge in [-0.2, -0.15) is 0 Å². The van der Waals surface area contributed by atoms with Crippen molar-refractivity contribution in [1.82, 2.24) is 18.6 Å². The van der Waals surface area contributed by atoms with E-state index in [0.717, 1.165) is 13.0 Å². The highest BCUT2D eigenvalue weighted by atomic mass is 35.5. The van der Waals surface area contributed by atoms with Gasteiger partial charge in [0.1, 0.15) is 5.65 Å². The van der Waals surface area contributed by atoms with Crippen molar-refractivity contribution in [2.45, 2.75) is 13.0 Å². The monoisotopic (exact) mass is 370 g/mol. The van der Waals surface area contributed by atoms with Crippen LogP contribution in [0.25, 0.3) is 5.65 Å². The summed E-state index contributed by atoms with van der Waals surface area (Å²) in [5, 5.41) is 0.479. The summed E-state index contributed by atoms with van der Waals surface area (Å²) in [6.45, 7) is 2.90. The molecule has 9 heteroatoms. The quantitative estimate of drug-likeness (QED) is 0.799. The molecule has 1 saturated heterocycles. The molecule has 1 fully saturated rings. The van der Waals surface area contributed by atoms with E-state index in [2.05, 4.69) is 9.88 Å². The van der Waals surface area contributed by atoms with E-state index >= 15 is 0 Å². The van der Waals surface area contributed by atoms with E-state index < -0.39 is 10.0 Å². The molecule has 0 aromatic carbocycles. The summed E-state index contributed by atoms with van der Waals surface area (Å²) < 4.78 is 26.2. The molecule has 0 saturated carbocycles. The Morgan fingerprint density at radius 2 is 2.00 bits per heavy atom. The first-order valence-corrected chi connectivity index (χ1v) is 9.91. The molecular weight excluding hydrogens is 352 g/mol. The number of fused-ring (bicyclic) bond motifs is 1. The average molecular weight is 371 g/mol. The van der Waals surface area contributed by atoms with Gasteiger partial charge >= 0.3 is 0 Å². The number of sulfonamides is 1. The fourth-order valence-electron chi connectivity index (χ4n) is 2.87. The topological polar surface area (TPSA) is 75.0 Å². The van der Waals surface area contributed by atoms with Gasteiger partial charge in [0.25, 0.3) is 5.56 Å². The molecule has 3 heterocycles. The van der Waals surface area contributed by atoms with Crippen LogP contribution in [0, 0.1) is 0 Å². The molecule has 3 rings (SSSR count). The van der Waals surface area contributed by atoms with Gasteiger partial charge in [0.2, 0.25) is 10.0 Å². The molecule has 0 radical (unpaired) electrons. The third-order valence-electron chi connectivity index (χ3n) is 4.08. The zero-order chi connectivity index (χ0) is 17.3. The molecule has 0 amide bonds. The number of nitrogens with zero attached hydrogens (tertiary/aromatic N) is 4. The van der Waals surface area contributed by atoms with Crippen molar-refractivity contribution in [3.8, 4) is 0 Å². The van der Waals surface area contributed by atoms with Gasteiger partial charge in [-0.05, 0) is 25.1 Å². The fourth-order valence-corrected chi connectivity index (χ4v) is 3.91. The Hall–Kier alpha value is -1.48. The first-order chi connectivity index (χ1) is 11.3. The predicted octanol–water partition coefficient (Wildman–Crippen LogP) is 0.815. The first-order valence-electron chi connectivity index (χ1n) is 7.68. The number of pyridine rings is 1. The van der Waals surface area contributed by atoms with Gasteiger partial charge in [-0.25, -0.2) is 17.7 Å². The SMILES string of the molecule is CS(=O)(=O)N1CCCN(Cc2cc(=O)n3cc(Cl)ccc3n2)CC1. The van der Waals surface area contributed by atoms with Gasteiger partial charge in [-0.15, -0.1) is 0 Å². The smallest absolute Gasteiger partial charge is 0.258 e. The Bertz CT molecular complexity index is 913. The third kappa shape index (κ3) is 3.94. The third-order valence-corrected chi connectivity index (χ3v) is 5.61. The lowest BCUT2D eigenvalue weighted by atomic mass is 10.3. The van der Waals surface area contributed by atoms with E-state index in [9.17, 15) is 13.2 Å². The van der Waals surface area contributed by atoms with E-state index in [1.807, 2.05) is 0 Å². The molecule has 0 atom stereocenters. The first kappa shape index (κ1) is 17.3. The normalized spacial score (nSPS) is 17.9. The summed E-state index contributed by atoms with van der Waals surface area (Å²) in [4.78, 5) is 18.8. The summed E-state index contributed by atoms with van der Waals surface area (Å²) in [7, 11) is -3.16. The molecule has 0 N–H and O–H groups in total. The van der Waals surface area contributed by atoms with Crippen LogP contribution in [-0.4, -0.2) is 59.4 Å². The van der Waals surface area contributed by atoms with Gasteiger partial charge in [-0.1, -0.05) is 11.6 Å². The molecule has 0 unspecified atom stereocenters. The van der Waals surface area contributed by atoms with Crippen molar-refractivity contribution in [3.05, 3.63) is 45.5 Å². The van der Waals surface area contributed by atoms with Crippen LogP contribution in [0.5, 0.6) is 0 Å². The van der Waals surface area contributed by atoms with Gasteiger partial charge in [0.15, 0.2) is 0 Å². The lowest BCUT2D eigenvalue weighted by Crippen LogP contribution is -2.34. The molecule has 0 aliphatic carbocycles. The molecule has 0 spiro atoms. The molecule has 1 aliphatic heterocycles. The highest BCUT2D eigenvalue weighted by Gasteiger charge is 2.21. The maximum Gasteiger partial charge on any atom is 0.258 e. The standard InChI is InChI=1S/C15H19ClN4O3S/c1-24(22,23)19-6-2-5-18(7-8-19)11-13-9-15(21)20-10-12(16)3-4-14(20)17-13/h3-4,9-10H,2,5-8,11H2,1H3. The maximum absolute atomic E-state index is 12.2. The van der Waals surface area contributed by atoms with Crippen LogP contribution >= 0.6 is 11.6 Å². The summed E-state index contributed by atoms with van der Waals surface area (Å²) in [6.07, 6.45) is 3.54. The second-order valence-corrected chi connectivity index (χ2v) is 8.37. The van der Waals surface area contributed by atoms with Gasteiger partial charge in [0.05, 0.1) is 17.0 Å². The van der Waals surface area contributed by atoms with Crippen molar-refractivity contribution in [3.63, 3.8) is 0 Å². The zero-order valence-corrected chi connectivity index (χ0v) is 14.9. The van der Waals surface area contributed by atoms with Crippen LogP contribution in [0.1, 0.15) is 12.1 Å².